The standard InChI is InChI=1S/C12H19F3O2Si2.C8H28O12Si9.C5H12OSi/c1-16-19(4,5)17-18(2,3)11-8-6-7-10(9-11)12(13,14)15;1-22-10-24(3)14-26(5)12-23(2,9-21)13-27(6)15-25(4,11-22)17-28(7,16-24)20-29(8,18-26)19-27;1-5-7(3,4)6-2/h6-9H,1-5H3;22H,1-8,21H3;5H,1H2,2-4H3. The van der Waals surface area contributed by atoms with Crippen molar-refractivity contribution in [1.29, 1.82) is 0 Å². The van der Waals surface area contributed by atoms with Crippen LogP contribution < -0.4 is 5.19 Å². The van der Waals surface area contributed by atoms with Gasteiger partial charge in [-0.15, -0.1) is 6.58 Å². The molecule has 318 valence electrons. The van der Waals surface area contributed by atoms with Crippen molar-refractivity contribution in [2.45, 2.75) is 97.8 Å². The van der Waals surface area contributed by atoms with Gasteiger partial charge in [0.1, 0.15) is 10.5 Å². The molecule has 30 heteroatoms. The normalized spacial score (nSPS) is 38.1. The van der Waals surface area contributed by atoms with Gasteiger partial charge >= 0.3 is 85.7 Å². The van der Waals surface area contributed by atoms with E-state index in [9.17, 15) is 13.2 Å². The fraction of sp³-hybridized carbons (Fsp3) is 0.680. The first-order valence-corrected chi connectivity index (χ1v) is 44.7. The van der Waals surface area contributed by atoms with Crippen LogP contribution in [0.25, 0.3) is 0 Å². The van der Waals surface area contributed by atoms with Crippen LogP contribution in [0.15, 0.2) is 36.5 Å². The lowest BCUT2D eigenvalue weighted by Crippen LogP contribution is -2.81. The molecule has 4 atom stereocenters. The van der Waals surface area contributed by atoms with E-state index in [1.165, 1.54) is 12.1 Å². The Morgan fingerprint density at radius 2 is 1.09 bits per heavy atom. The molecule has 55 heavy (non-hydrogen) atoms. The molecule has 0 N–H and O–H groups in total. The zero-order valence-corrected chi connectivity index (χ0v) is 48.1. The molecule has 0 saturated carbocycles. The Morgan fingerprint density at radius 3 is 1.42 bits per heavy atom. The van der Waals surface area contributed by atoms with Gasteiger partial charge < -0.3 is 62.3 Å². The quantitative estimate of drug-likeness (QED) is 0.357. The number of hydrogen-bond donors (Lipinski definition) is 0. The minimum Gasteiger partial charge on any atom is -0.432 e. The smallest absolute Gasteiger partial charge is 0.432 e. The Kier molecular flexibility index (Phi) is 15.7. The van der Waals surface area contributed by atoms with Crippen LogP contribution in [-0.2, 0) is 68.5 Å². The number of halogens is 3. The second-order valence-corrected chi connectivity index (χ2v) is 51.0. The molecule has 1 aromatic rings. The van der Waals surface area contributed by atoms with Gasteiger partial charge in [-0.2, -0.15) is 13.2 Å². The first-order chi connectivity index (χ1) is 24.6. The molecule has 4 aliphatic rings. The summed E-state index contributed by atoms with van der Waals surface area (Å²) in [6.45, 7) is 29.6. The molecule has 0 radical (unpaired) electrons. The van der Waals surface area contributed by atoms with Crippen molar-refractivity contribution >= 4 is 112 Å². The lowest BCUT2D eigenvalue weighted by atomic mass is 10.2. The van der Waals surface area contributed by atoms with E-state index in [1.807, 2.05) is 38.4 Å². The van der Waals surface area contributed by atoms with Crippen molar-refractivity contribution in [3.8, 4) is 0 Å². The molecule has 4 unspecified atom stereocenters. The van der Waals surface area contributed by atoms with Crippen LogP contribution in [0.3, 0.4) is 0 Å². The predicted octanol–water partition coefficient (Wildman–Crippen LogP) is 4.40. The van der Waals surface area contributed by atoms with Gasteiger partial charge in [0.25, 0.3) is 0 Å². The summed E-state index contributed by atoms with van der Waals surface area (Å²) < 4.78 is 131. The Labute approximate surface area is 339 Å². The second-order valence-electron chi connectivity index (χ2n) is 15.3. The maximum atomic E-state index is 12.7. The van der Waals surface area contributed by atoms with Crippen LogP contribution in [0.1, 0.15) is 5.56 Å². The van der Waals surface area contributed by atoms with E-state index < -0.39 is 108 Å². The molecule has 4 heterocycles. The summed E-state index contributed by atoms with van der Waals surface area (Å²) >= 11 is 0. The fourth-order valence-corrected chi connectivity index (χ4v) is 55.4. The molecule has 0 aromatic heterocycles. The molecule has 0 aliphatic carbocycles. The average Bonchev–Trinajstić information content (AvgIpc) is 2.96. The molecule has 6 bridgehead atoms. The molecule has 4 saturated heterocycles. The zero-order valence-electron chi connectivity index (χ0n) is 34.9. The second kappa shape index (κ2) is 17.3. The van der Waals surface area contributed by atoms with E-state index in [2.05, 4.69) is 19.7 Å². The highest BCUT2D eigenvalue weighted by Gasteiger charge is 2.73. The third kappa shape index (κ3) is 13.9. The summed E-state index contributed by atoms with van der Waals surface area (Å²) in [6.07, 6.45) is -4.32. The van der Waals surface area contributed by atoms with Crippen molar-refractivity contribution < 1.29 is 75.5 Å². The first-order valence-electron chi connectivity index (χ1n) is 17.5. The number of hydrogen-bond acceptors (Lipinski definition) is 15. The molecular formula is C25H59F3O15Si12. The van der Waals surface area contributed by atoms with Gasteiger partial charge in [0.2, 0.25) is 16.6 Å². The van der Waals surface area contributed by atoms with Gasteiger partial charge in [0, 0.05) is 60.0 Å². The summed E-state index contributed by atoms with van der Waals surface area (Å²) in [7, 11) is -28.2. The molecule has 1 aromatic carbocycles. The lowest BCUT2D eigenvalue weighted by Gasteiger charge is -2.56. The van der Waals surface area contributed by atoms with Gasteiger partial charge in [-0.1, -0.05) is 23.9 Å². The third-order valence-electron chi connectivity index (χ3n) is 8.36. The van der Waals surface area contributed by atoms with Gasteiger partial charge in [-0.3, -0.25) is 0 Å². The highest BCUT2D eigenvalue weighted by molar-refractivity contribution is 6.99. The van der Waals surface area contributed by atoms with E-state index in [-0.39, 0.29) is 0 Å². The van der Waals surface area contributed by atoms with Crippen LogP contribution >= 0.6 is 0 Å². The largest absolute Gasteiger partial charge is 0.475 e. The van der Waals surface area contributed by atoms with Gasteiger partial charge in [0.15, 0.2) is 0 Å². The van der Waals surface area contributed by atoms with Crippen LogP contribution in [0.5, 0.6) is 0 Å². The Morgan fingerprint density at radius 1 is 0.691 bits per heavy atom. The summed E-state index contributed by atoms with van der Waals surface area (Å²) in [4.78, 5) is 0. The van der Waals surface area contributed by atoms with Gasteiger partial charge in [-0.05, 0) is 57.1 Å². The van der Waals surface area contributed by atoms with Gasteiger partial charge in [0.05, 0.1) is 5.56 Å². The minimum absolute atomic E-state index is 0.389. The molecule has 5 rings (SSSR count). The third-order valence-corrected chi connectivity index (χ3v) is 52.8. The van der Waals surface area contributed by atoms with Crippen molar-refractivity contribution in [2.75, 3.05) is 14.2 Å². The number of benzene rings is 1. The summed E-state index contributed by atoms with van der Waals surface area (Å²) in [6, 6.07) is 5.39. The summed E-state index contributed by atoms with van der Waals surface area (Å²) in [5.74, 6) is 0. The topological polar surface area (TPSA) is 138 Å². The van der Waals surface area contributed by atoms with Crippen molar-refractivity contribution in [2.24, 2.45) is 0 Å². The highest BCUT2D eigenvalue weighted by atomic mass is 28.6. The average molecular weight is 994 g/mol. The predicted molar refractivity (Wildman–Crippen MR) is 226 cm³/mol. The van der Waals surface area contributed by atoms with E-state index in [1.54, 1.807) is 66.1 Å². The van der Waals surface area contributed by atoms with Crippen LogP contribution in [-0.4, -0.2) is 121 Å². The van der Waals surface area contributed by atoms with Crippen molar-refractivity contribution in [3.05, 3.63) is 42.1 Å². The van der Waals surface area contributed by atoms with E-state index >= 15 is 0 Å². The van der Waals surface area contributed by atoms with E-state index in [0.717, 1.165) is 6.07 Å². The Bertz CT molecular complexity index is 1470. The molecule has 4 aliphatic heterocycles. The van der Waals surface area contributed by atoms with Crippen molar-refractivity contribution in [1.82, 2.24) is 0 Å². The molecule has 0 spiro atoms. The fourth-order valence-electron chi connectivity index (χ4n) is 6.02. The maximum absolute atomic E-state index is 12.7. The monoisotopic (exact) mass is 992 g/mol. The van der Waals surface area contributed by atoms with Gasteiger partial charge in [-0.25, -0.2) is 0 Å². The molecule has 15 nitrogen and oxygen atoms in total. The Balaban J connectivity index is 0.000000268. The maximum Gasteiger partial charge on any atom is 0.475 e. The minimum atomic E-state index is -4.32. The van der Waals surface area contributed by atoms with Crippen molar-refractivity contribution in [3.63, 3.8) is 0 Å². The van der Waals surface area contributed by atoms with Crippen LogP contribution in [0, 0.1) is 0 Å². The SMILES string of the molecule is C=C[Si](C)(C)OC.CO[Si](C)(C)O[Si](C)(C)c1cccc(C(F)(F)F)c1.C[SiH]1O[Si]2(C)O[Si]3(C)O[Si](C)(O[SiH3])O[Si]4(C)O[Si](C)(O1)O[Si](C)(O2)O[Si](C)(O3)O4. The van der Waals surface area contributed by atoms with Crippen LogP contribution in [0.2, 0.25) is 91.7 Å². The molecule has 0 amide bonds. The summed E-state index contributed by atoms with van der Waals surface area (Å²) in [5, 5.41) is 0.625. The number of rotatable bonds is 7. The molecule has 4 fully saturated rings. The zero-order chi connectivity index (χ0) is 42.4. The lowest BCUT2D eigenvalue weighted by molar-refractivity contribution is -0.137. The Hall–Kier alpha value is 0.753. The number of fused-ring (bicyclic) bond motifs is 4. The van der Waals surface area contributed by atoms with Crippen LogP contribution in [0.4, 0.5) is 13.2 Å². The van der Waals surface area contributed by atoms with E-state index in [4.69, 9.17) is 62.3 Å². The van der Waals surface area contributed by atoms with E-state index in [0.29, 0.717) is 15.7 Å². The summed E-state index contributed by atoms with van der Waals surface area (Å²) in [5.41, 5.74) is 1.28. The molecular weight excluding hydrogens is 934 g/mol. The first kappa shape index (κ1) is 50.1. The highest BCUT2D eigenvalue weighted by Crippen LogP contribution is 2.43. The number of alkyl halides is 3.